The average molecular weight is 256 g/mol. The van der Waals surface area contributed by atoms with Gasteiger partial charge in [-0.05, 0) is 30.9 Å². The molecule has 2 heterocycles. The molecule has 4 heteroatoms. The third-order valence-electron chi connectivity index (χ3n) is 3.72. The molecule has 0 saturated heterocycles. The third kappa shape index (κ3) is 2.14. The lowest BCUT2D eigenvalue weighted by Crippen LogP contribution is -2.18. The van der Waals surface area contributed by atoms with Gasteiger partial charge in [-0.1, -0.05) is 19.1 Å². The van der Waals surface area contributed by atoms with E-state index in [0.29, 0.717) is 11.5 Å². The number of hydrogen-bond donors (Lipinski definition) is 1. The number of aromatic carboxylic acids is 1. The molecule has 0 spiro atoms. The van der Waals surface area contributed by atoms with E-state index in [9.17, 15) is 4.79 Å². The number of aromatic nitrogens is 2. The molecule has 0 bridgehead atoms. The number of rotatable bonds is 2. The molecule has 0 amide bonds. The van der Waals surface area contributed by atoms with Crippen LogP contribution in [0.25, 0.3) is 11.4 Å². The van der Waals surface area contributed by atoms with Crippen molar-refractivity contribution in [2.24, 2.45) is 5.92 Å². The first-order valence-corrected chi connectivity index (χ1v) is 6.53. The maximum absolute atomic E-state index is 10.9. The summed E-state index contributed by atoms with van der Waals surface area (Å²) in [5, 5.41) is 8.91. The van der Waals surface area contributed by atoms with E-state index in [1.54, 1.807) is 12.1 Å². The van der Waals surface area contributed by atoms with E-state index in [1.807, 2.05) is 18.3 Å². The van der Waals surface area contributed by atoms with E-state index in [0.717, 1.165) is 24.4 Å². The molecule has 0 radical (unpaired) electrons. The van der Waals surface area contributed by atoms with E-state index in [2.05, 4.69) is 16.5 Å². The first-order valence-electron chi connectivity index (χ1n) is 6.53. The molecule has 1 N–H and O–H groups in total. The molecule has 0 saturated carbocycles. The van der Waals surface area contributed by atoms with Gasteiger partial charge in [-0.15, -0.1) is 0 Å². The van der Waals surface area contributed by atoms with Crippen molar-refractivity contribution >= 4 is 5.97 Å². The summed E-state index contributed by atoms with van der Waals surface area (Å²) in [5.41, 5.74) is 2.56. The predicted molar refractivity (Wildman–Crippen MR) is 72.1 cm³/mol. The quantitative estimate of drug-likeness (QED) is 0.898. The summed E-state index contributed by atoms with van der Waals surface area (Å²) in [6.07, 6.45) is 4.22. The molecular weight excluding hydrogens is 240 g/mol. The van der Waals surface area contributed by atoms with Crippen LogP contribution in [-0.4, -0.2) is 20.6 Å². The molecule has 2 aromatic rings. The molecule has 1 aliphatic rings. The Labute approximate surface area is 111 Å². The van der Waals surface area contributed by atoms with Gasteiger partial charge in [-0.25, -0.2) is 9.78 Å². The summed E-state index contributed by atoms with van der Waals surface area (Å²) in [6.45, 7) is 3.24. The van der Waals surface area contributed by atoms with E-state index in [4.69, 9.17) is 5.11 Å². The highest BCUT2D eigenvalue weighted by molar-refractivity contribution is 5.88. The van der Waals surface area contributed by atoms with Crippen molar-refractivity contribution in [3.8, 4) is 11.4 Å². The van der Waals surface area contributed by atoms with Gasteiger partial charge < -0.3 is 9.67 Å². The van der Waals surface area contributed by atoms with Gasteiger partial charge in [0.05, 0.1) is 5.56 Å². The van der Waals surface area contributed by atoms with Crippen molar-refractivity contribution < 1.29 is 9.90 Å². The maximum Gasteiger partial charge on any atom is 0.335 e. The number of nitrogens with zero attached hydrogens (tertiary/aromatic N) is 2. The Morgan fingerprint density at radius 1 is 1.37 bits per heavy atom. The van der Waals surface area contributed by atoms with E-state index in [-0.39, 0.29) is 0 Å². The minimum atomic E-state index is -0.898. The molecule has 3 rings (SSSR count). The molecule has 1 unspecified atom stereocenters. The van der Waals surface area contributed by atoms with Gasteiger partial charge >= 0.3 is 5.97 Å². The Bertz CT molecular complexity index is 614. The van der Waals surface area contributed by atoms with Crippen molar-refractivity contribution in [1.29, 1.82) is 0 Å². The van der Waals surface area contributed by atoms with Crippen molar-refractivity contribution in [2.45, 2.75) is 26.3 Å². The monoisotopic (exact) mass is 256 g/mol. The van der Waals surface area contributed by atoms with Crippen LogP contribution < -0.4 is 0 Å². The molecule has 1 aromatic carbocycles. The smallest absolute Gasteiger partial charge is 0.335 e. The molecule has 1 aromatic heterocycles. The summed E-state index contributed by atoms with van der Waals surface area (Å²) in [4.78, 5) is 15.3. The highest BCUT2D eigenvalue weighted by atomic mass is 16.4. The van der Waals surface area contributed by atoms with Crippen molar-refractivity contribution in [1.82, 2.24) is 9.55 Å². The normalized spacial score (nSPS) is 18.1. The molecule has 1 aliphatic heterocycles. The van der Waals surface area contributed by atoms with Gasteiger partial charge in [-0.2, -0.15) is 0 Å². The predicted octanol–water partition coefficient (Wildman–Crippen LogP) is 2.83. The molecule has 0 fully saturated rings. The van der Waals surface area contributed by atoms with Crippen LogP contribution in [0, 0.1) is 5.92 Å². The summed E-state index contributed by atoms with van der Waals surface area (Å²) < 4.78 is 2.25. The number of fused-ring (bicyclic) bond motifs is 1. The van der Waals surface area contributed by atoms with Crippen LogP contribution in [0.1, 0.15) is 29.4 Å². The topological polar surface area (TPSA) is 55.1 Å². The highest BCUT2D eigenvalue weighted by Crippen LogP contribution is 2.27. The zero-order chi connectivity index (χ0) is 13.4. The largest absolute Gasteiger partial charge is 0.478 e. The highest BCUT2D eigenvalue weighted by Gasteiger charge is 2.19. The fraction of sp³-hybridized carbons (Fsp3) is 0.333. The van der Waals surface area contributed by atoms with Crippen molar-refractivity contribution in [3.05, 3.63) is 41.7 Å². The molecule has 0 aliphatic carbocycles. The molecular formula is C15H16N2O2. The number of benzene rings is 1. The number of carbonyl (C=O) groups is 1. The number of aryl methyl sites for hydroxylation is 1. The van der Waals surface area contributed by atoms with Crippen LogP contribution in [-0.2, 0) is 13.0 Å². The minimum Gasteiger partial charge on any atom is -0.478 e. The van der Waals surface area contributed by atoms with E-state index in [1.165, 1.54) is 12.1 Å². The summed E-state index contributed by atoms with van der Waals surface area (Å²) in [5.74, 6) is 0.711. The second-order valence-electron chi connectivity index (χ2n) is 5.21. The third-order valence-corrected chi connectivity index (χ3v) is 3.72. The minimum absolute atomic E-state index is 0.308. The Hall–Kier alpha value is -2.10. The zero-order valence-electron chi connectivity index (χ0n) is 10.8. The lowest BCUT2D eigenvalue weighted by atomic mass is 10.00. The van der Waals surface area contributed by atoms with Gasteiger partial charge in [-0.3, -0.25) is 0 Å². The van der Waals surface area contributed by atoms with Crippen LogP contribution in [0.2, 0.25) is 0 Å². The first kappa shape index (κ1) is 12.0. The summed E-state index contributed by atoms with van der Waals surface area (Å²) in [6, 6.07) is 6.92. The number of hydrogen-bond acceptors (Lipinski definition) is 2. The Morgan fingerprint density at radius 3 is 2.79 bits per heavy atom. The lowest BCUT2D eigenvalue weighted by Gasteiger charge is -2.22. The van der Waals surface area contributed by atoms with E-state index < -0.39 is 5.97 Å². The summed E-state index contributed by atoms with van der Waals surface area (Å²) in [7, 11) is 0. The van der Waals surface area contributed by atoms with Crippen LogP contribution in [0.5, 0.6) is 0 Å². The Morgan fingerprint density at radius 2 is 2.11 bits per heavy atom. The fourth-order valence-corrected chi connectivity index (χ4v) is 2.60. The van der Waals surface area contributed by atoms with Crippen LogP contribution in [0.4, 0.5) is 0 Å². The molecule has 19 heavy (non-hydrogen) atoms. The van der Waals surface area contributed by atoms with Crippen LogP contribution in [0.15, 0.2) is 30.5 Å². The Kier molecular flexibility index (Phi) is 2.85. The number of carboxylic acids is 1. The average Bonchev–Trinajstić information content (AvgIpc) is 2.81. The van der Waals surface area contributed by atoms with Gasteiger partial charge in [0.1, 0.15) is 5.82 Å². The van der Waals surface area contributed by atoms with Crippen molar-refractivity contribution in [2.75, 3.05) is 0 Å². The standard InChI is InChI=1S/C15H16N2O2/c1-10-2-7-13-8-16-14(17(13)9-10)11-3-5-12(6-4-11)15(18)19/h3-6,8,10H,2,7,9H2,1H3,(H,18,19). The lowest BCUT2D eigenvalue weighted by molar-refractivity contribution is 0.0697. The summed E-state index contributed by atoms with van der Waals surface area (Å²) >= 11 is 0. The molecule has 4 nitrogen and oxygen atoms in total. The second kappa shape index (κ2) is 4.53. The van der Waals surface area contributed by atoms with Gasteiger partial charge in [0.15, 0.2) is 0 Å². The first-order chi connectivity index (χ1) is 9.15. The zero-order valence-corrected chi connectivity index (χ0v) is 10.8. The number of carboxylic acid groups (broad SMARTS) is 1. The van der Waals surface area contributed by atoms with Crippen molar-refractivity contribution in [3.63, 3.8) is 0 Å². The van der Waals surface area contributed by atoms with Crippen LogP contribution in [0.3, 0.4) is 0 Å². The maximum atomic E-state index is 10.9. The second-order valence-corrected chi connectivity index (χ2v) is 5.21. The fourth-order valence-electron chi connectivity index (χ4n) is 2.60. The van der Waals surface area contributed by atoms with Gasteiger partial charge in [0, 0.05) is 24.0 Å². The molecule has 1 atom stereocenters. The van der Waals surface area contributed by atoms with Gasteiger partial charge in [0.2, 0.25) is 0 Å². The van der Waals surface area contributed by atoms with Gasteiger partial charge in [0.25, 0.3) is 0 Å². The van der Waals surface area contributed by atoms with Crippen LogP contribution >= 0.6 is 0 Å². The number of imidazole rings is 1. The van der Waals surface area contributed by atoms with E-state index >= 15 is 0 Å². The Balaban J connectivity index is 1.98. The SMILES string of the molecule is CC1CCc2cnc(-c3ccc(C(=O)O)cc3)n2C1. The molecule has 98 valence electrons.